The first-order valence-electron chi connectivity index (χ1n) is 3.05. The number of fused-ring (bicyclic) bond motifs is 1. The van der Waals surface area contributed by atoms with Crippen molar-refractivity contribution in [2.75, 3.05) is 13.1 Å². The Bertz CT molecular complexity index is 234. The molecule has 0 spiro atoms. The molecule has 0 atom stereocenters. The minimum atomic E-state index is 0.197. The molecule has 10 heavy (non-hydrogen) atoms. The van der Waals surface area contributed by atoms with E-state index in [0.29, 0.717) is 6.54 Å². The second-order valence-corrected chi connectivity index (χ2v) is 3.18. The van der Waals surface area contributed by atoms with Crippen molar-refractivity contribution in [1.82, 2.24) is 4.90 Å². The van der Waals surface area contributed by atoms with Crippen molar-refractivity contribution >= 4 is 22.0 Å². The van der Waals surface area contributed by atoms with Crippen molar-refractivity contribution in [3.8, 4) is 0 Å². The maximum Gasteiger partial charge on any atom is 0.215 e. The van der Waals surface area contributed by atoms with Gasteiger partial charge in [-0.15, -0.1) is 0 Å². The monoisotopic (exact) mass is 154 g/mol. The average molecular weight is 154 g/mol. The quantitative estimate of drug-likeness (QED) is 0.507. The topological polar surface area (TPSA) is 32.7 Å². The summed E-state index contributed by atoms with van der Waals surface area (Å²) < 4.78 is 0. The first kappa shape index (κ1) is 5.97. The molecule has 0 amide bonds. The zero-order valence-corrected chi connectivity index (χ0v) is 6.10. The van der Waals surface area contributed by atoms with Crippen LogP contribution in [0, 0.1) is 0 Å². The van der Waals surface area contributed by atoms with Crippen LogP contribution in [-0.2, 0) is 4.79 Å². The van der Waals surface area contributed by atoms with Crippen LogP contribution in [0.1, 0.15) is 0 Å². The molecule has 0 radical (unpaired) electrons. The van der Waals surface area contributed by atoms with E-state index in [-0.39, 0.29) is 5.12 Å². The van der Waals surface area contributed by atoms with Crippen LogP contribution in [0.15, 0.2) is 17.3 Å². The molecule has 2 heterocycles. The summed E-state index contributed by atoms with van der Waals surface area (Å²) in [5.41, 5.74) is 0. The molecule has 0 saturated carbocycles. The van der Waals surface area contributed by atoms with Crippen LogP contribution in [0.2, 0.25) is 0 Å². The summed E-state index contributed by atoms with van der Waals surface area (Å²) in [6, 6.07) is 0. The zero-order valence-electron chi connectivity index (χ0n) is 5.28. The maximum absolute atomic E-state index is 10.8. The molecule has 0 aromatic carbocycles. The van der Waals surface area contributed by atoms with Crippen molar-refractivity contribution in [1.29, 1.82) is 0 Å². The molecule has 0 N–H and O–H groups in total. The molecule has 4 heteroatoms. The molecule has 3 nitrogen and oxygen atoms in total. The Labute approximate surface area is 62.8 Å². The number of hydrogen-bond donors (Lipinski definition) is 0. The van der Waals surface area contributed by atoms with Gasteiger partial charge in [0.2, 0.25) is 5.12 Å². The van der Waals surface area contributed by atoms with E-state index in [1.54, 1.807) is 6.20 Å². The van der Waals surface area contributed by atoms with Crippen LogP contribution >= 0.6 is 11.8 Å². The van der Waals surface area contributed by atoms with Gasteiger partial charge in [-0.1, -0.05) is 0 Å². The highest BCUT2D eigenvalue weighted by molar-refractivity contribution is 8.26. The first-order valence-corrected chi connectivity index (χ1v) is 3.86. The van der Waals surface area contributed by atoms with Gasteiger partial charge in [0, 0.05) is 12.7 Å². The molecule has 52 valence electrons. The predicted octanol–water partition coefficient (Wildman–Crippen LogP) is 0.445. The van der Waals surface area contributed by atoms with Crippen LogP contribution in [0.5, 0.6) is 0 Å². The van der Waals surface area contributed by atoms with Gasteiger partial charge in [-0.05, 0) is 17.8 Å². The van der Waals surface area contributed by atoms with E-state index in [1.807, 2.05) is 11.0 Å². The van der Waals surface area contributed by atoms with Gasteiger partial charge in [0.25, 0.3) is 0 Å². The molecule has 0 aliphatic carbocycles. The van der Waals surface area contributed by atoms with Crippen LogP contribution in [0.4, 0.5) is 0 Å². The standard InChI is InChI=1S/C6H6N2OS/c9-5-4-8-3-1-2-7-6(8)10-5/h1-2H,3-4H2. The Hall–Kier alpha value is -0.770. The lowest BCUT2D eigenvalue weighted by Crippen LogP contribution is -2.26. The third-order valence-corrected chi connectivity index (χ3v) is 2.31. The number of thioether (sulfide) groups is 1. The highest BCUT2D eigenvalue weighted by Crippen LogP contribution is 2.21. The van der Waals surface area contributed by atoms with Crippen LogP contribution in [0.3, 0.4) is 0 Å². The molecule has 0 aromatic rings. The normalized spacial score (nSPS) is 23.0. The number of carbonyl (C=O) groups is 1. The van der Waals surface area contributed by atoms with E-state index in [9.17, 15) is 4.79 Å². The number of hydrogen-bond acceptors (Lipinski definition) is 4. The molecule has 1 fully saturated rings. The average Bonchev–Trinajstić information content (AvgIpc) is 2.27. The van der Waals surface area contributed by atoms with Gasteiger partial charge in [-0.25, -0.2) is 4.99 Å². The number of rotatable bonds is 0. The molecule has 2 aliphatic rings. The molecule has 2 aliphatic heterocycles. The summed E-state index contributed by atoms with van der Waals surface area (Å²) in [4.78, 5) is 16.8. The summed E-state index contributed by atoms with van der Waals surface area (Å²) in [6.45, 7) is 1.35. The Morgan fingerprint density at radius 2 is 2.60 bits per heavy atom. The summed E-state index contributed by atoms with van der Waals surface area (Å²) >= 11 is 1.24. The molecule has 1 saturated heterocycles. The van der Waals surface area contributed by atoms with Crippen LogP contribution in [-0.4, -0.2) is 28.3 Å². The Kier molecular flexibility index (Phi) is 1.27. The smallest absolute Gasteiger partial charge is 0.215 e. The summed E-state index contributed by atoms with van der Waals surface area (Å²) in [6.07, 6.45) is 3.69. The lowest BCUT2D eigenvalue weighted by atomic mass is 10.5. The molecular formula is C6H6N2OS. The van der Waals surface area contributed by atoms with E-state index < -0.39 is 0 Å². The number of amidine groups is 1. The van der Waals surface area contributed by atoms with Crippen LogP contribution < -0.4 is 0 Å². The first-order chi connectivity index (χ1) is 4.86. The summed E-state index contributed by atoms with van der Waals surface area (Å²) in [7, 11) is 0. The molecule has 0 aromatic heterocycles. The van der Waals surface area contributed by atoms with Crippen molar-refractivity contribution < 1.29 is 4.79 Å². The highest BCUT2D eigenvalue weighted by atomic mass is 32.2. The maximum atomic E-state index is 10.8. The third kappa shape index (κ3) is 0.844. The lowest BCUT2D eigenvalue weighted by molar-refractivity contribution is -0.110. The van der Waals surface area contributed by atoms with Gasteiger partial charge in [0.15, 0.2) is 5.17 Å². The zero-order chi connectivity index (χ0) is 6.97. The fraction of sp³-hybridized carbons (Fsp3) is 0.333. The molecular weight excluding hydrogens is 148 g/mol. The fourth-order valence-electron chi connectivity index (χ4n) is 0.964. The van der Waals surface area contributed by atoms with Gasteiger partial charge >= 0.3 is 0 Å². The van der Waals surface area contributed by atoms with Gasteiger partial charge < -0.3 is 4.90 Å². The van der Waals surface area contributed by atoms with Gasteiger partial charge in [0.05, 0.1) is 6.54 Å². The van der Waals surface area contributed by atoms with E-state index >= 15 is 0 Å². The molecule has 2 rings (SSSR count). The Morgan fingerprint density at radius 1 is 1.70 bits per heavy atom. The number of nitrogens with zero attached hydrogens (tertiary/aromatic N) is 2. The summed E-state index contributed by atoms with van der Waals surface area (Å²) in [5.74, 6) is 0. The van der Waals surface area contributed by atoms with Gasteiger partial charge in [-0.3, -0.25) is 4.79 Å². The number of carbonyl (C=O) groups excluding carboxylic acids is 1. The predicted molar refractivity (Wildman–Crippen MR) is 40.7 cm³/mol. The molecule has 0 unspecified atom stereocenters. The van der Waals surface area contributed by atoms with Gasteiger partial charge in [0.1, 0.15) is 0 Å². The lowest BCUT2D eigenvalue weighted by Gasteiger charge is -2.15. The van der Waals surface area contributed by atoms with E-state index in [1.165, 1.54) is 11.8 Å². The SMILES string of the molecule is O=C1CN2CC=CN=C2S1. The van der Waals surface area contributed by atoms with E-state index in [0.717, 1.165) is 11.7 Å². The summed E-state index contributed by atoms with van der Waals surface area (Å²) in [5, 5.41) is 1.05. The third-order valence-electron chi connectivity index (χ3n) is 1.41. The Morgan fingerprint density at radius 3 is 3.40 bits per heavy atom. The van der Waals surface area contributed by atoms with Crippen molar-refractivity contribution in [2.45, 2.75) is 0 Å². The van der Waals surface area contributed by atoms with Crippen molar-refractivity contribution in [2.24, 2.45) is 4.99 Å². The van der Waals surface area contributed by atoms with Crippen LogP contribution in [0.25, 0.3) is 0 Å². The number of aliphatic imine (C=N–C) groups is 1. The molecule has 0 bridgehead atoms. The largest absolute Gasteiger partial charge is 0.339 e. The minimum absolute atomic E-state index is 0.197. The van der Waals surface area contributed by atoms with Crippen molar-refractivity contribution in [3.05, 3.63) is 12.3 Å². The Balaban J connectivity index is 2.26. The van der Waals surface area contributed by atoms with Crippen molar-refractivity contribution in [3.63, 3.8) is 0 Å². The second-order valence-electron chi connectivity index (χ2n) is 2.15. The van der Waals surface area contributed by atoms with Gasteiger partial charge in [-0.2, -0.15) is 0 Å². The highest BCUT2D eigenvalue weighted by Gasteiger charge is 2.26. The second kappa shape index (κ2) is 2.12. The van der Waals surface area contributed by atoms with E-state index in [4.69, 9.17) is 0 Å². The fourth-order valence-corrected chi connectivity index (χ4v) is 1.77. The van der Waals surface area contributed by atoms with E-state index in [2.05, 4.69) is 4.99 Å². The minimum Gasteiger partial charge on any atom is -0.339 e.